The van der Waals surface area contributed by atoms with Crippen LogP contribution in [0.3, 0.4) is 0 Å². The Morgan fingerprint density at radius 1 is 1.33 bits per heavy atom. The molecule has 2 rings (SSSR count). The Hall–Kier alpha value is -0.670. The van der Waals surface area contributed by atoms with Gasteiger partial charge in [-0.15, -0.1) is 0 Å². The number of hydrogen-bond acceptors (Lipinski definition) is 5. The minimum Gasteiger partial charge on any atom is -0.379 e. The molecule has 0 aromatic rings. The van der Waals surface area contributed by atoms with Crippen LogP contribution in [0.2, 0.25) is 0 Å². The van der Waals surface area contributed by atoms with Crippen LogP contribution in [0.1, 0.15) is 13.3 Å². The van der Waals surface area contributed by atoms with Gasteiger partial charge in [-0.2, -0.15) is 5.26 Å². The fourth-order valence-electron chi connectivity index (χ4n) is 2.65. The van der Waals surface area contributed by atoms with Crippen LogP contribution in [-0.4, -0.2) is 74.4 Å². The minimum atomic E-state index is 0.343. The Kier molecular flexibility index (Phi) is 5.39. The third-order valence-electron chi connectivity index (χ3n) is 3.93. The molecule has 0 amide bonds. The molecule has 0 bridgehead atoms. The molecule has 0 radical (unpaired) electrons. The van der Waals surface area contributed by atoms with Gasteiger partial charge >= 0.3 is 0 Å². The second-order valence-electron chi connectivity index (χ2n) is 5.27. The SMILES string of the molecule is CC1CNC(CC#N)CN1CCN1CCOCC1. The van der Waals surface area contributed by atoms with Crippen molar-refractivity contribution >= 4 is 0 Å². The minimum absolute atomic E-state index is 0.343. The first-order chi connectivity index (χ1) is 8.79. The topological polar surface area (TPSA) is 51.5 Å². The van der Waals surface area contributed by atoms with Crippen molar-refractivity contribution in [2.75, 3.05) is 52.5 Å². The smallest absolute Gasteiger partial charge is 0.0638 e. The van der Waals surface area contributed by atoms with Gasteiger partial charge in [0.1, 0.15) is 0 Å². The van der Waals surface area contributed by atoms with E-state index in [1.54, 1.807) is 0 Å². The van der Waals surface area contributed by atoms with Crippen LogP contribution < -0.4 is 5.32 Å². The Morgan fingerprint density at radius 2 is 2.11 bits per heavy atom. The third kappa shape index (κ3) is 3.92. The lowest BCUT2D eigenvalue weighted by Gasteiger charge is -2.39. The monoisotopic (exact) mass is 252 g/mol. The van der Waals surface area contributed by atoms with E-state index in [1.165, 1.54) is 0 Å². The Labute approximate surface area is 110 Å². The first kappa shape index (κ1) is 13.8. The number of piperazine rings is 1. The van der Waals surface area contributed by atoms with Gasteiger partial charge in [-0.05, 0) is 6.92 Å². The zero-order valence-corrected chi connectivity index (χ0v) is 11.3. The van der Waals surface area contributed by atoms with Crippen LogP contribution in [0.4, 0.5) is 0 Å². The lowest BCUT2D eigenvalue weighted by atomic mass is 10.1. The highest BCUT2D eigenvalue weighted by molar-refractivity contribution is 4.89. The molecule has 0 spiro atoms. The van der Waals surface area contributed by atoms with Gasteiger partial charge in [0.15, 0.2) is 0 Å². The standard InChI is InChI=1S/C13H24N4O/c1-12-10-15-13(2-3-14)11-17(12)5-4-16-6-8-18-9-7-16/h12-13,15H,2,4-11H2,1H3. The van der Waals surface area contributed by atoms with Crippen LogP contribution in [0.5, 0.6) is 0 Å². The quantitative estimate of drug-likeness (QED) is 0.757. The molecule has 2 aliphatic rings. The highest BCUT2D eigenvalue weighted by Crippen LogP contribution is 2.09. The number of nitrogens with zero attached hydrogens (tertiary/aromatic N) is 3. The predicted octanol–water partition coefficient (Wildman–Crippen LogP) is -0.105. The highest BCUT2D eigenvalue weighted by Gasteiger charge is 2.24. The molecule has 18 heavy (non-hydrogen) atoms. The summed E-state index contributed by atoms with van der Waals surface area (Å²) in [5, 5.41) is 12.2. The van der Waals surface area contributed by atoms with Crippen molar-refractivity contribution in [1.29, 1.82) is 5.26 Å². The number of ether oxygens (including phenoxy) is 1. The van der Waals surface area contributed by atoms with Crippen molar-refractivity contribution in [1.82, 2.24) is 15.1 Å². The Balaban J connectivity index is 1.74. The van der Waals surface area contributed by atoms with E-state index in [2.05, 4.69) is 28.1 Å². The maximum atomic E-state index is 8.77. The maximum absolute atomic E-state index is 8.77. The van der Waals surface area contributed by atoms with Crippen LogP contribution in [0.15, 0.2) is 0 Å². The number of nitriles is 1. The molecule has 2 fully saturated rings. The summed E-state index contributed by atoms with van der Waals surface area (Å²) in [7, 11) is 0. The summed E-state index contributed by atoms with van der Waals surface area (Å²) in [6.45, 7) is 10.3. The van der Waals surface area contributed by atoms with Crippen LogP contribution in [0, 0.1) is 11.3 Å². The van der Waals surface area contributed by atoms with E-state index < -0.39 is 0 Å². The zero-order chi connectivity index (χ0) is 12.8. The summed E-state index contributed by atoms with van der Waals surface area (Å²) < 4.78 is 5.36. The highest BCUT2D eigenvalue weighted by atomic mass is 16.5. The normalized spacial score (nSPS) is 31.1. The van der Waals surface area contributed by atoms with E-state index in [0.29, 0.717) is 18.5 Å². The number of hydrogen-bond donors (Lipinski definition) is 1. The number of morpholine rings is 1. The molecule has 2 unspecified atom stereocenters. The molecule has 0 aliphatic carbocycles. The lowest BCUT2D eigenvalue weighted by Crippen LogP contribution is -2.56. The van der Waals surface area contributed by atoms with Crippen LogP contribution >= 0.6 is 0 Å². The van der Waals surface area contributed by atoms with Gasteiger partial charge in [0.05, 0.1) is 25.7 Å². The molecule has 0 aromatic carbocycles. The van der Waals surface area contributed by atoms with E-state index in [1.807, 2.05) is 0 Å². The zero-order valence-electron chi connectivity index (χ0n) is 11.3. The van der Waals surface area contributed by atoms with E-state index in [0.717, 1.165) is 52.5 Å². The largest absolute Gasteiger partial charge is 0.379 e. The molecule has 2 aliphatic heterocycles. The van der Waals surface area contributed by atoms with E-state index in [4.69, 9.17) is 10.00 Å². The van der Waals surface area contributed by atoms with Gasteiger partial charge in [-0.1, -0.05) is 0 Å². The summed E-state index contributed by atoms with van der Waals surface area (Å²) in [6, 6.07) is 3.18. The predicted molar refractivity (Wildman–Crippen MR) is 70.3 cm³/mol. The van der Waals surface area contributed by atoms with Gasteiger partial charge in [0.2, 0.25) is 0 Å². The molecular formula is C13H24N4O. The van der Waals surface area contributed by atoms with Gasteiger partial charge in [0.25, 0.3) is 0 Å². The van der Waals surface area contributed by atoms with Gasteiger partial charge < -0.3 is 10.1 Å². The average Bonchev–Trinajstić information content (AvgIpc) is 2.41. The summed E-state index contributed by atoms with van der Waals surface area (Å²) >= 11 is 0. The molecule has 5 nitrogen and oxygen atoms in total. The molecule has 2 atom stereocenters. The molecule has 2 saturated heterocycles. The molecule has 1 N–H and O–H groups in total. The fraction of sp³-hybridized carbons (Fsp3) is 0.923. The van der Waals surface area contributed by atoms with E-state index in [9.17, 15) is 0 Å². The maximum Gasteiger partial charge on any atom is 0.0638 e. The molecule has 5 heteroatoms. The van der Waals surface area contributed by atoms with Crippen molar-refractivity contribution < 1.29 is 4.74 Å². The second kappa shape index (κ2) is 7.05. The van der Waals surface area contributed by atoms with E-state index in [-0.39, 0.29) is 0 Å². The van der Waals surface area contributed by atoms with Crippen molar-refractivity contribution in [3.63, 3.8) is 0 Å². The molecule has 2 heterocycles. The first-order valence-electron chi connectivity index (χ1n) is 6.94. The van der Waals surface area contributed by atoms with Crippen LogP contribution in [-0.2, 0) is 4.74 Å². The van der Waals surface area contributed by atoms with Crippen molar-refractivity contribution in [3.05, 3.63) is 0 Å². The summed E-state index contributed by atoms with van der Waals surface area (Å²) in [5.41, 5.74) is 0. The lowest BCUT2D eigenvalue weighted by molar-refractivity contribution is 0.0283. The van der Waals surface area contributed by atoms with Crippen molar-refractivity contribution in [3.8, 4) is 6.07 Å². The molecular weight excluding hydrogens is 228 g/mol. The van der Waals surface area contributed by atoms with Gasteiger partial charge in [-0.25, -0.2) is 0 Å². The molecule has 0 aromatic heterocycles. The second-order valence-corrected chi connectivity index (χ2v) is 5.27. The summed E-state index contributed by atoms with van der Waals surface area (Å²) in [4.78, 5) is 4.98. The van der Waals surface area contributed by atoms with Crippen molar-refractivity contribution in [2.24, 2.45) is 0 Å². The van der Waals surface area contributed by atoms with E-state index >= 15 is 0 Å². The van der Waals surface area contributed by atoms with Crippen LogP contribution in [0.25, 0.3) is 0 Å². The number of rotatable bonds is 4. The van der Waals surface area contributed by atoms with Gasteiger partial charge in [-0.3, -0.25) is 9.80 Å². The van der Waals surface area contributed by atoms with Gasteiger partial charge in [0, 0.05) is 51.4 Å². The molecule has 102 valence electrons. The molecule has 0 saturated carbocycles. The summed E-state index contributed by atoms with van der Waals surface area (Å²) in [6.07, 6.45) is 0.612. The average molecular weight is 252 g/mol. The fourth-order valence-corrected chi connectivity index (χ4v) is 2.65. The first-order valence-corrected chi connectivity index (χ1v) is 6.94. The summed E-state index contributed by atoms with van der Waals surface area (Å²) in [5.74, 6) is 0. The Bertz CT molecular complexity index is 285. The van der Waals surface area contributed by atoms with Crippen molar-refractivity contribution in [2.45, 2.75) is 25.4 Å². The Morgan fingerprint density at radius 3 is 2.83 bits per heavy atom. The number of nitrogens with one attached hydrogen (secondary N) is 1. The third-order valence-corrected chi connectivity index (χ3v) is 3.93.